The molecule has 0 aromatic heterocycles. The Balaban J connectivity index is 2.40. The normalized spacial score (nSPS) is 13.1. The fourth-order valence-electron chi connectivity index (χ4n) is 2.60. The molecule has 0 aliphatic carbocycles. The summed E-state index contributed by atoms with van der Waals surface area (Å²) in [6.45, 7) is 3.00. The number of amides is 1. The van der Waals surface area contributed by atoms with Crippen molar-refractivity contribution < 1.29 is 26.4 Å². The third-order valence-corrected chi connectivity index (χ3v) is 5.64. The van der Waals surface area contributed by atoms with Crippen molar-refractivity contribution in [1.82, 2.24) is 0 Å². The van der Waals surface area contributed by atoms with Gasteiger partial charge in [0.15, 0.2) is 0 Å². The number of halogens is 4. The van der Waals surface area contributed by atoms with Gasteiger partial charge in [0.2, 0.25) is 15.9 Å². The summed E-state index contributed by atoms with van der Waals surface area (Å²) >= 11 is 6.05. The Morgan fingerprint density at radius 2 is 1.79 bits per heavy atom. The number of hydrogen-bond donors (Lipinski definition) is 1. The fourth-order valence-corrected chi connectivity index (χ4v) is 3.95. The van der Waals surface area contributed by atoms with Gasteiger partial charge in [0, 0.05) is 5.02 Å². The first-order chi connectivity index (χ1) is 12.8. The smallest absolute Gasteiger partial charge is 0.324 e. The molecule has 10 heteroatoms. The van der Waals surface area contributed by atoms with Gasteiger partial charge in [-0.25, -0.2) is 8.42 Å². The van der Waals surface area contributed by atoms with E-state index in [-0.39, 0.29) is 5.69 Å². The molecule has 28 heavy (non-hydrogen) atoms. The third kappa shape index (κ3) is 4.96. The van der Waals surface area contributed by atoms with Crippen LogP contribution in [0.25, 0.3) is 0 Å². The molecule has 2 rings (SSSR count). The largest absolute Gasteiger partial charge is 0.418 e. The van der Waals surface area contributed by atoms with E-state index in [4.69, 9.17) is 11.6 Å². The minimum absolute atomic E-state index is 0.129. The second-order valence-corrected chi connectivity index (χ2v) is 8.47. The Hall–Kier alpha value is -2.26. The number of para-hydroxylation sites is 1. The van der Waals surface area contributed by atoms with Crippen molar-refractivity contribution in [3.63, 3.8) is 0 Å². The first kappa shape index (κ1) is 22.0. The molecule has 0 spiro atoms. The van der Waals surface area contributed by atoms with Gasteiger partial charge in [-0.05, 0) is 43.7 Å². The van der Waals surface area contributed by atoms with Crippen molar-refractivity contribution in [1.29, 1.82) is 0 Å². The number of benzene rings is 2. The van der Waals surface area contributed by atoms with E-state index in [1.165, 1.54) is 31.2 Å². The summed E-state index contributed by atoms with van der Waals surface area (Å²) in [6, 6.07) is 7.56. The molecule has 1 amide bonds. The quantitative estimate of drug-likeness (QED) is 0.755. The number of anilines is 2. The van der Waals surface area contributed by atoms with Crippen LogP contribution in [0.3, 0.4) is 0 Å². The van der Waals surface area contributed by atoms with Crippen LogP contribution in [0, 0.1) is 6.92 Å². The molecule has 1 N–H and O–H groups in total. The molecule has 1 unspecified atom stereocenters. The maximum atomic E-state index is 13.1. The predicted molar refractivity (Wildman–Crippen MR) is 103 cm³/mol. The highest BCUT2D eigenvalue weighted by atomic mass is 35.5. The van der Waals surface area contributed by atoms with E-state index in [0.717, 1.165) is 22.7 Å². The van der Waals surface area contributed by atoms with E-state index in [1.54, 1.807) is 13.0 Å². The van der Waals surface area contributed by atoms with Crippen LogP contribution in [0.4, 0.5) is 24.5 Å². The Kier molecular flexibility index (Phi) is 6.30. The van der Waals surface area contributed by atoms with E-state index in [9.17, 15) is 26.4 Å². The molecule has 0 saturated heterocycles. The third-order valence-electron chi connectivity index (χ3n) is 3.99. The molecule has 152 valence electrons. The molecule has 0 radical (unpaired) electrons. The lowest BCUT2D eigenvalue weighted by molar-refractivity contribution is -0.137. The van der Waals surface area contributed by atoms with Gasteiger partial charge in [0.05, 0.1) is 23.2 Å². The Morgan fingerprint density at radius 1 is 1.18 bits per heavy atom. The SMILES string of the molecule is Cc1ccc(N(C(C)C(=O)Nc2ccccc2C(F)(F)F)S(C)(=O)=O)cc1Cl. The molecule has 2 aromatic carbocycles. The summed E-state index contributed by atoms with van der Waals surface area (Å²) in [4.78, 5) is 12.6. The number of rotatable bonds is 5. The van der Waals surface area contributed by atoms with Crippen LogP contribution in [-0.2, 0) is 21.0 Å². The van der Waals surface area contributed by atoms with E-state index >= 15 is 0 Å². The van der Waals surface area contributed by atoms with Crippen LogP contribution in [0.2, 0.25) is 5.02 Å². The number of hydrogen-bond acceptors (Lipinski definition) is 3. The van der Waals surface area contributed by atoms with Gasteiger partial charge in [0.25, 0.3) is 0 Å². The van der Waals surface area contributed by atoms with Crippen LogP contribution < -0.4 is 9.62 Å². The monoisotopic (exact) mass is 434 g/mol. The molecule has 0 saturated carbocycles. The summed E-state index contributed by atoms with van der Waals surface area (Å²) in [5.74, 6) is -0.918. The van der Waals surface area contributed by atoms with E-state index in [0.29, 0.717) is 10.6 Å². The number of carbonyl (C=O) groups is 1. The minimum atomic E-state index is -4.67. The van der Waals surface area contributed by atoms with Gasteiger partial charge in [-0.3, -0.25) is 9.10 Å². The molecule has 0 heterocycles. The molecular formula is C18H18ClF3N2O3S. The van der Waals surface area contributed by atoms with Crippen molar-refractivity contribution in [3.05, 3.63) is 58.6 Å². The van der Waals surface area contributed by atoms with Gasteiger partial charge in [0.1, 0.15) is 6.04 Å². The zero-order valence-corrected chi connectivity index (χ0v) is 16.8. The summed E-state index contributed by atoms with van der Waals surface area (Å²) in [5.41, 5.74) is -0.651. The van der Waals surface area contributed by atoms with Crippen LogP contribution in [0.15, 0.2) is 42.5 Å². The van der Waals surface area contributed by atoms with E-state index in [2.05, 4.69) is 5.32 Å². The van der Waals surface area contributed by atoms with Crippen LogP contribution in [0.5, 0.6) is 0 Å². The molecular weight excluding hydrogens is 417 g/mol. The first-order valence-corrected chi connectivity index (χ1v) is 10.3. The van der Waals surface area contributed by atoms with Crippen molar-refractivity contribution in [3.8, 4) is 0 Å². The fraction of sp³-hybridized carbons (Fsp3) is 0.278. The Labute approximate surface area is 166 Å². The summed E-state index contributed by atoms with van der Waals surface area (Å²) in [6.07, 6.45) is -3.78. The number of carbonyl (C=O) groups excluding carboxylic acids is 1. The standard InChI is InChI=1S/C18H18ClF3N2O3S/c1-11-8-9-13(10-15(11)19)24(28(3,26)27)12(2)17(25)23-16-7-5-4-6-14(16)18(20,21)22/h4-10,12H,1-3H3,(H,23,25). The second-order valence-electron chi connectivity index (χ2n) is 6.20. The number of alkyl halides is 3. The molecule has 2 aromatic rings. The number of sulfonamides is 1. The van der Waals surface area contributed by atoms with Crippen LogP contribution >= 0.6 is 11.6 Å². The van der Waals surface area contributed by atoms with E-state index in [1.807, 2.05) is 0 Å². The van der Waals surface area contributed by atoms with Crippen molar-refractivity contribution >= 4 is 38.9 Å². The van der Waals surface area contributed by atoms with Crippen LogP contribution in [0.1, 0.15) is 18.1 Å². The van der Waals surface area contributed by atoms with Gasteiger partial charge >= 0.3 is 6.18 Å². The number of nitrogens with zero attached hydrogens (tertiary/aromatic N) is 1. The summed E-state index contributed by atoms with van der Waals surface area (Å²) < 4.78 is 64.7. The highest BCUT2D eigenvalue weighted by molar-refractivity contribution is 7.92. The van der Waals surface area contributed by atoms with Gasteiger partial charge in [-0.15, -0.1) is 0 Å². The molecule has 0 aliphatic rings. The average molecular weight is 435 g/mol. The molecule has 0 fully saturated rings. The maximum Gasteiger partial charge on any atom is 0.418 e. The summed E-state index contributed by atoms with van der Waals surface area (Å²) in [7, 11) is -3.93. The highest BCUT2D eigenvalue weighted by Gasteiger charge is 2.35. The predicted octanol–water partition coefficient (Wildman–Crippen LogP) is 4.46. The van der Waals surface area contributed by atoms with Crippen molar-refractivity contribution in [2.45, 2.75) is 26.1 Å². The van der Waals surface area contributed by atoms with Gasteiger partial charge in [-0.1, -0.05) is 29.8 Å². The lowest BCUT2D eigenvalue weighted by atomic mass is 10.1. The molecule has 0 aliphatic heterocycles. The molecule has 0 bridgehead atoms. The van der Waals surface area contributed by atoms with Crippen LogP contribution in [-0.4, -0.2) is 26.6 Å². The summed E-state index contributed by atoms with van der Waals surface area (Å²) in [5, 5.41) is 2.46. The second kappa shape index (κ2) is 8.00. The average Bonchev–Trinajstić information content (AvgIpc) is 2.56. The lowest BCUT2D eigenvalue weighted by Gasteiger charge is -2.29. The molecule has 5 nitrogen and oxygen atoms in total. The van der Waals surface area contributed by atoms with Gasteiger partial charge < -0.3 is 5.32 Å². The zero-order valence-electron chi connectivity index (χ0n) is 15.2. The highest BCUT2D eigenvalue weighted by Crippen LogP contribution is 2.35. The maximum absolute atomic E-state index is 13.1. The molecule has 1 atom stereocenters. The topological polar surface area (TPSA) is 66.5 Å². The number of nitrogens with one attached hydrogen (secondary N) is 1. The van der Waals surface area contributed by atoms with Crippen molar-refractivity contribution in [2.75, 3.05) is 15.9 Å². The minimum Gasteiger partial charge on any atom is -0.324 e. The van der Waals surface area contributed by atoms with Crippen molar-refractivity contribution in [2.24, 2.45) is 0 Å². The lowest BCUT2D eigenvalue weighted by Crippen LogP contribution is -2.45. The first-order valence-electron chi connectivity index (χ1n) is 8.05. The van der Waals surface area contributed by atoms with E-state index < -0.39 is 39.4 Å². The Bertz CT molecular complexity index is 994. The zero-order chi connectivity index (χ0) is 21.3. The van der Waals surface area contributed by atoms with Gasteiger partial charge in [-0.2, -0.15) is 13.2 Å². The number of aryl methyl sites for hydroxylation is 1. The Morgan fingerprint density at radius 3 is 2.32 bits per heavy atom.